The molecule has 1 saturated heterocycles. The molecule has 0 aliphatic carbocycles. The summed E-state index contributed by atoms with van der Waals surface area (Å²) in [5.74, 6) is -0.245. The zero-order valence-corrected chi connectivity index (χ0v) is 15.6. The molecule has 2 heterocycles. The van der Waals surface area contributed by atoms with E-state index in [4.69, 9.17) is 0 Å². The van der Waals surface area contributed by atoms with Gasteiger partial charge in [-0.25, -0.2) is 9.37 Å². The fourth-order valence-electron chi connectivity index (χ4n) is 3.67. The van der Waals surface area contributed by atoms with Crippen molar-refractivity contribution in [3.05, 3.63) is 74.6 Å². The number of aromatic nitrogens is 2. The quantitative estimate of drug-likeness (QED) is 0.507. The van der Waals surface area contributed by atoms with Gasteiger partial charge in [-0.05, 0) is 36.6 Å². The average Bonchev–Trinajstić information content (AvgIpc) is 2.71. The highest BCUT2D eigenvalue weighted by Crippen LogP contribution is 2.30. The third-order valence-electron chi connectivity index (χ3n) is 5.22. The topological polar surface area (TPSA) is 104 Å². The van der Waals surface area contributed by atoms with Gasteiger partial charge < -0.3 is 10.3 Å². The minimum Gasteiger partial charge on any atom is -0.377 e. The number of piperidine rings is 1. The van der Waals surface area contributed by atoms with E-state index < -0.39 is 10.5 Å². The predicted molar refractivity (Wildman–Crippen MR) is 107 cm³/mol. The first-order valence-corrected chi connectivity index (χ1v) is 9.39. The number of nitro benzene ring substituents is 1. The highest BCUT2D eigenvalue weighted by molar-refractivity contribution is 5.86. The Bertz CT molecular complexity index is 1090. The molecule has 0 spiro atoms. The van der Waals surface area contributed by atoms with E-state index >= 15 is 0 Å². The van der Waals surface area contributed by atoms with E-state index in [1.165, 1.54) is 24.5 Å². The van der Waals surface area contributed by atoms with Crippen LogP contribution in [-0.4, -0.2) is 38.9 Å². The van der Waals surface area contributed by atoms with Gasteiger partial charge in [0.25, 0.3) is 11.2 Å². The molecule has 3 aromatic rings. The Kier molecular flexibility index (Phi) is 5.22. The zero-order chi connectivity index (χ0) is 20.4. The average molecular weight is 397 g/mol. The van der Waals surface area contributed by atoms with E-state index in [1.807, 2.05) is 0 Å². The Morgan fingerprint density at radius 1 is 1.24 bits per heavy atom. The Hall–Kier alpha value is -3.33. The molecule has 2 aromatic carbocycles. The van der Waals surface area contributed by atoms with Crippen molar-refractivity contribution in [3.63, 3.8) is 0 Å². The summed E-state index contributed by atoms with van der Waals surface area (Å²) in [5, 5.41) is 15.0. The van der Waals surface area contributed by atoms with Crippen LogP contribution in [0.5, 0.6) is 0 Å². The Morgan fingerprint density at radius 2 is 1.97 bits per heavy atom. The SMILES string of the molecule is O=c1[nH]cnc2cc(NC3CCN(Cc4ccc(F)cc4)CC3)c([N+](=O)[O-])cc12. The van der Waals surface area contributed by atoms with Gasteiger partial charge >= 0.3 is 0 Å². The van der Waals surface area contributed by atoms with Crippen molar-refractivity contribution in [1.82, 2.24) is 14.9 Å². The molecule has 1 fully saturated rings. The molecule has 4 rings (SSSR count). The Morgan fingerprint density at radius 3 is 2.66 bits per heavy atom. The molecule has 0 atom stereocenters. The van der Waals surface area contributed by atoms with Crippen LogP contribution in [0.2, 0.25) is 0 Å². The number of benzene rings is 2. The maximum absolute atomic E-state index is 13.0. The summed E-state index contributed by atoms with van der Waals surface area (Å²) in [4.78, 5) is 31.7. The summed E-state index contributed by atoms with van der Waals surface area (Å²) in [7, 11) is 0. The van der Waals surface area contributed by atoms with Gasteiger partial charge in [0.1, 0.15) is 11.5 Å². The normalized spacial score (nSPS) is 15.5. The van der Waals surface area contributed by atoms with Crippen molar-refractivity contribution in [3.8, 4) is 0 Å². The summed E-state index contributed by atoms with van der Waals surface area (Å²) >= 11 is 0. The first-order valence-electron chi connectivity index (χ1n) is 9.39. The molecule has 1 aliphatic heterocycles. The number of nitrogens with zero attached hydrogens (tertiary/aromatic N) is 3. The van der Waals surface area contributed by atoms with Gasteiger partial charge in [0, 0.05) is 31.7 Å². The van der Waals surface area contributed by atoms with Gasteiger partial charge in [-0.2, -0.15) is 0 Å². The summed E-state index contributed by atoms with van der Waals surface area (Å²) in [6.45, 7) is 2.40. The number of halogens is 1. The maximum Gasteiger partial charge on any atom is 0.293 e. The monoisotopic (exact) mass is 397 g/mol. The van der Waals surface area contributed by atoms with Gasteiger partial charge in [0.05, 0.1) is 22.2 Å². The van der Waals surface area contributed by atoms with Crippen LogP contribution in [0.15, 0.2) is 47.5 Å². The van der Waals surface area contributed by atoms with Gasteiger partial charge in [-0.3, -0.25) is 19.8 Å². The number of nitrogens with one attached hydrogen (secondary N) is 2. The van der Waals surface area contributed by atoms with Gasteiger partial charge in [0.15, 0.2) is 0 Å². The van der Waals surface area contributed by atoms with Crippen LogP contribution in [-0.2, 0) is 6.54 Å². The number of anilines is 1. The van der Waals surface area contributed by atoms with E-state index in [-0.39, 0.29) is 22.9 Å². The van der Waals surface area contributed by atoms with Crippen LogP contribution in [0.25, 0.3) is 10.9 Å². The van der Waals surface area contributed by atoms with Crippen molar-refractivity contribution < 1.29 is 9.31 Å². The molecular weight excluding hydrogens is 377 g/mol. The highest BCUT2D eigenvalue weighted by Gasteiger charge is 2.23. The van der Waals surface area contributed by atoms with Crippen LogP contribution >= 0.6 is 0 Å². The molecule has 29 heavy (non-hydrogen) atoms. The smallest absolute Gasteiger partial charge is 0.293 e. The molecule has 0 amide bonds. The molecule has 0 unspecified atom stereocenters. The molecule has 1 aromatic heterocycles. The molecule has 0 bridgehead atoms. The van der Waals surface area contributed by atoms with E-state index in [0.29, 0.717) is 11.2 Å². The van der Waals surface area contributed by atoms with Crippen LogP contribution < -0.4 is 10.9 Å². The molecule has 150 valence electrons. The van der Waals surface area contributed by atoms with Crippen LogP contribution in [0.1, 0.15) is 18.4 Å². The largest absolute Gasteiger partial charge is 0.377 e. The second-order valence-corrected chi connectivity index (χ2v) is 7.20. The third-order valence-corrected chi connectivity index (χ3v) is 5.22. The number of aromatic amines is 1. The number of likely N-dealkylation sites (tertiary alicyclic amines) is 1. The fourth-order valence-corrected chi connectivity index (χ4v) is 3.67. The van der Waals surface area contributed by atoms with E-state index in [9.17, 15) is 19.3 Å². The summed E-state index contributed by atoms with van der Waals surface area (Å²) in [5.41, 5.74) is 1.30. The summed E-state index contributed by atoms with van der Waals surface area (Å²) in [6.07, 6.45) is 2.92. The van der Waals surface area contributed by atoms with E-state index in [0.717, 1.165) is 38.0 Å². The van der Waals surface area contributed by atoms with Crippen molar-refractivity contribution in [2.24, 2.45) is 0 Å². The Balaban J connectivity index is 1.45. The predicted octanol–water partition coefficient (Wildman–Crippen LogP) is 3.05. The minimum atomic E-state index is -0.488. The van der Waals surface area contributed by atoms with Crippen molar-refractivity contribution in [1.29, 1.82) is 0 Å². The first kappa shape index (κ1) is 19.0. The molecule has 0 radical (unpaired) electrons. The minimum absolute atomic E-state index is 0.0811. The number of fused-ring (bicyclic) bond motifs is 1. The summed E-state index contributed by atoms with van der Waals surface area (Å²) < 4.78 is 13.0. The van der Waals surface area contributed by atoms with Crippen LogP contribution in [0.4, 0.5) is 15.8 Å². The first-order chi connectivity index (χ1) is 14.0. The van der Waals surface area contributed by atoms with Gasteiger partial charge in [-0.1, -0.05) is 12.1 Å². The molecule has 0 saturated carbocycles. The number of rotatable bonds is 5. The number of hydrogen-bond donors (Lipinski definition) is 2. The molecule has 1 aliphatic rings. The van der Waals surface area contributed by atoms with Crippen LogP contribution in [0.3, 0.4) is 0 Å². The maximum atomic E-state index is 13.0. The number of hydrogen-bond acceptors (Lipinski definition) is 6. The molecule has 8 nitrogen and oxygen atoms in total. The second-order valence-electron chi connectivity index (χ2n) is 7.20. The van der Waals surface area contributed by atoms with E-state index in [1.54, 1.807) is 18.2 Å². The molecule has 2 N–H and O–H groups in total. The molecular formula is C20H20FN5O3. The number of nitro groups is 1. The lowest BCUT2D eigenvalue weighted by molar-refractivity contribution is -0.383. The number of H-pyrrole nitrogens is 1. The van der Waals surface area contributed by atoms with Crippen molar-refractivity contribution in [2.45, 2.75) is 25.4 Å². The van der Waals surface area contributed by atoms with Crippen LogP contribution in [0, 0.1) is 15.9 Å². The fraction of sp³-hybridized carbons (Fsp3) is 0.300. The van der Waals surface area contributed by atoms with Crippen molar-refractivity contribution >= 4 is 22.3 Å². The van der Waals surface area contributed by atoms with Gasteiger partial charge in [0.2, 0.25) is 0 Å². The second kappa shape index (κ2) is 7.96. The zero-order valence-electron chi connectivity index (χ0n) is 15.6. The lowest BCUT2D eigenvalue weighted by atomic mass is 10.0. The summed E-state index contributed by atoms with van der Waals surface area (Å²) in [6, 6.07) is 9.40. The standard InChI is InChI=1S/C20H20FN5O3/c21-14-3-1-13(2-4-14)11-25-7-5-15(6-8-25)24-18-10-17-16(9-19(18)26(28)29)20(27)23-12-22-17/h1-4,9-10,12,15,24H,5-8,11H2,(H,22,23,27). The Labute approximate surface area is 165 Å². The highest BCUT2D eigenvalue weighted by atomic mass is 19.1. The van der Waals surface area contributed by atoms with E-state index in [2.05, 4.69) is 20.2 Å². The van der Waals surface area contributed by atoms with Crippen molar-refractivity contribution in [2.75, 3.05) is 18.4 Å². The lowest BCUT2D eigenvalue weighted by Crippen LogP contribution is -2.38. The molecule has 9 heteroatoms. The third kappa shape index (κ3) is 4.24. The lowest BCUT2D eigenvalue weighted by Gasteiger charge is -2.32. The van der Waals surface area contributed by atoms with Gasteiger partial charge in [-0.15, -0.1) is 0 Å².